The summed E-state index contributed by atoms with van der Waals surface area (Å²) in [6, 6.07) is 5.90. The fourth-order valence-electron chi connectivity index (χ4n) is 2.49. The average Bonchev–Trinajstić information content (AvgIpc) is 2.88. The number of carbonyl (C=O) groups excluding carboxylic acids is 1. The van der Waals surface area contributed by atoms with Gasteiger partial charge in [-0.25, -0.2) is 4.39 Å². The summed E-state index contributed by atoms with van der Waals surface area (Å²) < 4.78 is 20.4. The normalized spacial score (nSPS) is 13.8. The molecule has 2 heterocycles. The van der Waals surface area contributed by atoms with Gasteiger partial charge in [0.1, 0.15) is 17.4 Å². The zero-order valence-corrected chi connectivity index (χ0v) is 12.3. The van der Waals surface area contributed by atoms with Crippen molar-refractivity contribution < 1.29 is 13.9 Å². The fourth-order valence-corrected chi connectivity index (χ4v) is 2.49. The Labute approximate surface area is 127 Å². The van der Waals surface area contributed by atoms with E-state index in [1.165, 1.54) is 12.1 Å². The van der Waals surface area contributed by atoms with E-state index in [0.29, 0.717) is 25.4 Å². The minimum absolute atomic E-state index is 0.00306. The second-order valence-electron chi connectivity index (χ2n) is 5.19. The van der Waals surface area contributed by atoms with Crippen LogP contribution < -0.4 is 4.74 Å². The fraction of sp³-hybridized carbons (Fsp3) is 0.400. The molecular weight excluding hydrogens is 287 g/mol. The van der Waals surface area contributed by atoms with Gasteiger partial charge in [-0.2, -0.15) is 0 Å². The molecule has 0 N–H and O–H groups in total. The van der Waals surface area contributed by atoms with Crippen LogP contribution in [-0.2, 0) is 17.9 Å². The molecule has 0 radical (unpaired) electrons. The van der Waals surface area contributed by atoms with Crippen LogP contribution in [0.3, 0.4) is 0 Å². The number of amides is 1. The summed E-state index contributed by atoms with van der Waals surface area (Å²) in [6.45, 7) is 3.96. The maximum absolute atomic E-state index is 13.0. The Kier molecular flexibility index (Phi) is 4.04. The van der Waals surface area contributed by atoms with Crippen molar-refractivity contribution in [3.8, 4) is 5.75 Å². The minimum Gasteiger partial charge on any atom is -0.493 e. The maximum atomic E-state index is 13.0. The number of benzene rings is 1. The largest absolute Gasteiger partial charge is 0.493 e. The molecule has 1 aromatic heterocycles. The monoisotopic (exact) mass is 304 g/mol. The van der Waals surface area contributed by atoms with Crippen LogP contribution in [0.5, 0.6) is 5.75 Å². The Balaban J connectivity index is 1.51. The van der Waals surface area contributed by atoms with Crippen molar-refractivity contribution >= 4 is 5.91 Å². The van der Waals surface area contributed by atoms with Gasteiger partial charge in [-0.05, 0) is 19.1 Å². The van der Waals surface area contributed by atoms with Gasteiger partial charge in [0, 0.05) is 19.2 Å². The van der Waals surface area contributed by atoms with Crippen LogP contribution in [0.1, 0.15) is 18.1 Å². The molecule has 22 heavy (non-hydrogen) atoms. The summed E-state index contributed by atoms with van der Waals surface area (Å²) in [4.78, 5) is 13.9. The molecule has 6 nitrogen and oxygen atoms in total. The molecule has 0 saturated carbocycles. The molecule has 0 bridgehead atoms. The Morgan fingerprint density at radius 1 is 1.36 bits per heavy atom. The topological polar surface area (TPSA) is 60.2 Å². The van der Waals surface area contributed by atoms with Crippen LogP contribution in [0.2, 0.25) is 0 Å². The van der Waals surface area contributed by atoms with Gasteiger partial charge >= 0.3 is 0 Å². The van der Waals surface area contributed by atoms with E-state index >= 15 is 0 Å². The van der Waals surface area contributed by atoms with Crippen molar-refractivity contribution in [2.24, 2.45) is 0 Å². The van der Waals surface area contributed by atoms with E-state index in [1.54, 1.807) is 17.0 Å². The Bertz CT molecular complexity index is 686. The van der Waals surface area contributed by atoms with Crippen molar-refractivity contribution in [3.05, 3.63) is 41.7 Å². The first kappa shape index (κ1) is 14.5. The van der Waals surface area contributed by atoms with Crippen LogP contribution >= 0.6 is 0 Å². The number of nitrogens with zero attached hydrogens (tertiary/aromatic N) is 4. The number of aryl methyl sites for hydroxylation is 1. The number of ether oxygens (including phenoxy) is 1. The van der Waals surface area contributed by atoms with E-state index in [0.717, 1.165) is 11.6 Å². The molecule has 0 spiro atoms. The zero-order valence-electron chi connectivity index (χ0n) is 12.3. The van der Waals surface area contributed by atoms with E-state index in [1.807, 2.05) is 11.5 Å². The summed E-state index contributed by atoms with van der Waals surface area (Å²) >= 11 is 0. The Morgan fingerprint density at radius 3 is 3.05 bits per heavy atom. The van der Waals surface area contributed by atoms with Crippen molar-refractivity contribution in [1.82, 2.24) is 19.7 Å². The SMILES string of the molecule is Cc1nnc2n1CCN(C(=O)CCOc1cccc(F)c1)C2. The first-order chi connectivity index (χ1) is 10.6. The summed E-state index contributed by atoms with van der Waals surface area (Å²) in [5.41, 5.74) is 0. The number of carbonyl (C=O) groups is 1. The molecule has 116 valence electrons. The second kappa shape index (κ2) is 6.13. The molecule has 3 rings (SSSR count). The van der Waals surface area contributed by atoms with Crippen LogP contribution in [0.4, 0.5) is 4.39 Å². The van der Waals surface area contributed by atoms with Gasteiger partial charge < -0.3 is 14.2 Å². The summed E-state index contributed by atoms with van der Waals surface area (Å²) in [5, 5.41) is 8.09. The quantitative estimate of drug-likeness (QED) is 0.859. The highest BCUT2D eigenvalue weighted by Crippen LogP contribution is 2.14. The van der Waals surface area contributed by atoms with E-state index in [-0.39, 0.29) is 24.8 Å². The Morgan fingerprint density at radius 2 is 2.23 bits per heavy atom. The molecule has 7 heteroatoms. The standard InChI is InChI=1S/C15H17FN4O2/c1-11-17-18-14-10-19(6-7-20(11)14)15(21)5-8-22-13-4-2-3-12(16)9-13/h2-4,9H,5-8,10H2,1H3. The number of hydrogen-bond acceptors (Lipinski definition) is 4. The molecule has 2 aromatic rings. The van der Waals surface area contributed by atoms with Crippen LogP contribution in [-0.4, -0.2) is 38.7 Å². The number of halogens is 1. The predicted molar refractivity (Wildman–Crippen MR) is 76.7 cm³/mol. The summed E-state index contributed by atoms with van der Waals surface area (Å²) in [5.74, 6) is 1.76. The van der Waals surface area contributed by atoms with Crippen LogP contribution in [0.25, 0.3) is 0 Å². The lowest BCUT2D eigenvalue weighted by Gasteiger charge is -2.27. The Hall–Kier alpha value is -2.44. The van der Waals surface area contributed by atoms with Gasteiger partial charge in [0.05, 0.1) is 19.6 Å². The molecule has 1 aliphatic heterocycles. The highest BCUT2D eigenvalue weighted by atomic mass is 19.1. The second-order valence-corrected chi connectivity index (χ2v) is 5.19. The minimum atomic E-state index is -0.352. The highest BCUT2D eigenvalue weighted by Gasteiger charge is 2.23. The maximum Gasteiger partial charge on any atom is 0.226 e. The van der Waals surface area contributed by atoms with E-state index in [2.05, 4.69) is 10.2 Å². The summed E-state index contributed by atoms with van der Waals surface area (Å²) in [6.07, 6.45) is 0.254. The lowest BCUT2D eigenvalue weighted by Crippen LogP contribution is -2.39. The van der Waals surface area contributed by atoms with Crippen molar-refractivity contribution in [3.63, 3.8) is 0 Å². The lowest BCUT2D eigenvalue weighted by atomic mass is 10.3. The van der Waals surface area contributed by atoms with E-state index in [9.17, 15) is 9.18 Å². The molecule has 0 saturated heterocycles. The highest BCUT2D eigenvalue weighted by molar-refractivity contribution is 5.76. The van der Waals surface area contributed by atoms with Gasteiger partial charge in [0.25, 0.3) is 0 Å². The van der Waals surface area contributed by atoms with Crippen LogP contribution in [0.15, 0.2) is 24.3 Å². The zero-order chi connectivity index (χ0) is 15.5. The van der Waals surface area contributed by atoms with Gasteiger partial charge in [-0.1, -0.05) is 6.07 Å². The first-order valence-electron chi connectivity index (χ1n) is 7.18. The van der Waals surface area contributed by atoms with Crippen LogP contribution in [0, 0.1) is 12.7 Å². The average molecular weight is 304 g/mol. The molecule has 1 aromatic carbocycles. The summed E-state index contributed by atoms with van der Waals surface area (Å²) in [7, 11) is 0. The van der Waals surface area contributed by atoms with Gasteiger partial charge in [-0.3, -0.25) is 4.79 Å². The molecule has 1 aliphatic rings. The molecule has 0 atom stereocenters. The van der Waals surface area contributed by atoms with Crippen molar-refractivity contribution in [2.75, 3.05) is 13.2 Å². The van der Waals surface area contributed by atoms with Gasteiger partial charge in [-0.15, -0.1) is 10.2 Å². The lowest BCUT2D eigenvalue weighted by molar-refractivity contribution is -0.133. The van der Waals surface area contributed by atoms with Crippen molar-refractivity contribution in [2.45, 2.75) is 26.4 Å². The van der Waals surface area contributed by atoms with Crippen molar-refractivity contribution in [1.29, 1.82) is 0 Å². The number of hydrogen-bond donors (Lipinski definition) is 0. The van der Waals surface area contributed by atoms with Gasteiger partial charge in [0.2, 0.25) is 5.91 Å². The third-order valence-electron chi connectivity index (χ3n) is 3.67. The molecule has 0 fully saturated rings. The van der Waals surface area contributed by atoms with E-state index < -0.39 is 0 Å². The third kappa shape index (κ3) is 3.08. The predicted octanol–water partition coefficient (Wildman–Crippen LogP) is 1.54. The number of aromatic nitrogens is 3. The molecule has 1 amide bonds. The number of rotatable bonds is 4. The van der Waals surface area contributed by atoms with E-state index in [4.69, 9.17) is 4.74 Å². The first-order valence-corrected chi connectivity index (χ1v) is 7.18. The van der Waals surface area contributed by atoms with Gasteiger partial charge in [0.15, 0.2) is 5.82 Å². The third-order valence-corrected chi connectivity index (χ3v) is 3.67. The molecule has 0 unspecified atom stereocenters. The molecule has 0 aliphatic carbocycles. The molecular formula is C15H17FN4O2. The number of fused-ring (bicyclic) bond motifs is 1. The smallest absolute Gasteiger partial charge is 0.226 e.